The van der Waals surface area contributed by atoms with Crippen LogP contribution in [0, 0.1) is 13.8 Å². The number of carbonyl (C=O) groups excluding carboxylic acids is 1. The lowest BCUT2D eigenvalue weighted by molar-refractivity contribution is -0.132. The van der Waals surface area contributed by atoms with Gasteiger partial charge in [-0.2, -0.15) is 5.10 Å². The van der Waals surface area contributed by atoms with Crippen LogP contribution in [-0.2, 0) is 4.79 Å². The summed E-state index contributed by atoms with van der Waals surface area (Å²) in [7, 11) is 0. The van der Waals surface area contributed by atoms with Crippen molar-refractivity contribution >= 4 is 17.5 Å². The van der Waals surface area contributed by atoms with Crippen LogP contribution in [0.5, 0.6) is 5.75 Å². The Hall–Kier alpha value is -3.12. The van der Waals surface area contributed by atoms with Crippen LogP contribution in [0.25, 0.3) is 5.69 Å². The molecule has 3 aromatic rings. The fourth-order valence-corrected chi connectivity index (χ4v) is 2.60. The molecule has 3 rings (SSSR count). The second kappa shape index (κ2) is 7.19. The second-order valence-electron chi connectivity index (χ2n) is 5.72. The van der Waals surface area contributed by atoms with Crippen molar-refractivity contribution in [2.75, 3.05) is 11.9 Å². The van der Waals surface area contributed by atoms with Crippen LogP contribution in [0.4, 0.5) is 11.5 Å². The molecule has 0 atom stereocenters. The number of nitrogens with one attached hydrogen (secondary N) is 1. The predicted octanol–water partition coefficient (Wildman–Crippen LogP) is 3.10. The highest BCUT2D eigenvalue weighted by atomic mass is 16.5. The summed E-state index contributed by atoms with van der Waals surface area (Å²) < 4.78 is 7.09. The van der Waals surface area contributed by atoms with Crippen molar-refractivity contribution in [1.82, 2.24) is 9.78 Å². The molecule has 6 nitrogen and oxygen atoms in total. The van der Waals surface area contributed by atoms with Gasteiger partial charge < -0.3 is 15.8 Å². The van der Waals surface area contributed by atoms with Gasteiger partial charge in [0.25, 0.3) is 0 Å². The standard InChI is InChI=1S/C19H20N4O2/c1-13-10-15(11-14(2)19(13)25-18(24)12-20)21-17-8-9-23(22-17)16-6-4-3-5-7-16/h3-11H,12,20H2,1-2H3,(H,21,22). The number of hydrogen-bond acceptors (Lipinski definition) is 5. The molecular weight excluding hydrogens is 316 g/mol. The molecule has 6 heteroatoms. The molecule has 0 radical (unpaired) electrons. The number of para-hydroxylation sites is 1. The molecule has 0 bridgehead atoms. The maximum atomic E-state index is 11.4. The van der Waals surface area contributed by atoms with Crippen molar-refractivity contribution < 1.29 is 9.53 Å². The highest BCUT2D eigenvalue weighted by Gasteiger charge is 2.11. The molecule has 0 fully saturated rings. The van der Waals surface area contributed by atoms with Crippen LogP contribution < -0.4 is 15.8 Å². The summed E-state index contributed by atoms with van der Waals surface area (Å²) in [6.07, 6.45) is 1.90. The van der Waals surface area contributed by atoms with Gasteiger partial charge in [0.05, 0.1) is 12.2 Å². The molecule has 2 aromatic carbocycles. The number of rotatable bonds is 5. The molecule has 0 aliphatic heterocycles. The van der Waals surface area contributed by atoms with Crippen LogP contribution in [0.15, 0.2) is 54.7 Å². The van der Waals surface area contributed by atoms with Crippen LogP contribution in [0.1, 0.15) is 11.1 Å². The van der Waals surface area contributed by atoms with E-state index < -0.39 is 5.97 Å². The number of aryl methyl sites for hydroxylation is 2. The third-order valence-corrected chi connectivity index (χ3v) is 3.73. The van der Waals surface area contributed by atoms with Gasteiger partial charge in [0.1, 0.15) is 5.75 Å². The van der Waals surface area contributed by atoms with Gasteiger partial charge in [-0.25, -0.2) is 4.68 Å². The summed E-state index contributed by atoms with van der Waals surface area (Å²) in [6, 6.07) is 15.6. The van der Waals surface area contributed by atoms with Gasteiger partial charge >= 0.3 is 5.97 Å². The molecule has 1 aromatic heterocycles. The van der Waals surface area contributed by atoms with Crippen molar-refractivity contribution in [2.45, 2.75) is 13.8 Å². The summed E-state index contributed by atoms with van der Waals surface area (Å²) in [4.78, 5) is 11.4. The van der Waals surface area contributed by atoms with Gasteiger partial charge in [-0.1, -0.05) is 18.2 Å². The normalized spacial score (nSPS) is 10.5. The van der Waals surface area contributed by atoms with Crippen molar-refractivity contribution in [3.8, 4) is 11.4 Å². The highest BCUT2D eigenvalue weighted by Crippen LogP contribution is 2.28. The summed E-state index contributed by atoms with van der Waals surface area (Å²) in [6.45, 7) is 3.63. The first-order valence-corrected chi connectivity index (χ1v) is 7.97. The fraction of sp³-hybridized carbons (Fsp3) is 0.158. The van der Waals surface area contributed by atoms with Crippen molar-refractivity contribution in [3.63, 3.8) is 0 Å². The van der Waals surface area contributed by atoms with E-state index in [1.54, 1.807) is 4.68 Å². The van der Waals surface area contributed by atoms with Crippen LogP contribution in [-0.4, -0.2) is 22.3 Å². The van der Waals surface area contributed by atoms with E-state index in [4.69, 9.17) is 10.5 Å². The maximum absolute atomic E-state index is 11.4. The van der Waals surface area contributed by atoms with Gasteiger partial charge in [0, 0.05) is 18.0 Å². The van der Waals surface area contributed by atoms with Crippen LogP contribution in [0.2, 0.25) is 0 Å². The SMILES string of the molecule is Cc1cc(Nc2ccn(-c3ccccc3)n2)cc(C)c1OC(=O)CN. The zero-order chi connectivity index (χ0) is 17.8. The number of nitrogens with two attached hydrogens (primary N) is 1. The number of nitrogens with zero attached hydrogens (tertiary/aromatic N) is 2. The quantitative estimate of drug-likeness (QED) is 0.553. The van der Waals surface area contributed by atoms with Gasteiger partial charge in [0.15, 0.2) is 5.82 Å². The number of benzene rings is 2. The van der Waals surface area contributed by atoms with E-state index in [1.165, 1.54) is 0 Å². The molecule has 128 valence electrons. The van der Waals surface area contributed by atoms with Crippen LogP contribution in [0.3, 0.4) is 0 Å². The Balaban J connectivity index is 1.80. The van der Waals surface area contributed by atoms with E-state index in [1.807, 2.05) is 68.6 Å². The minimum atomic E-state index is -0.450. The van der Waals surface area contributed by atoms with Crippen LogP contribution >= 0.6 is 0 Å². The van der Waals surface area contributed by atoms with E-state index in [9.17, 15) is 4.79 Å². The zero-order valence-corrected chi connectivity index (χ0v) is 14.2. The second-order valence-corrected chi connectivity index (χ2v) is 5.72. The summed E-state index contributed by atoms with van der Waals surface area (Å²) in [5, 5.41) is 7.80. The minimum Gasteiger partial charge on any atom is -0.425 e. The molecule has 0 saturated carbocycles. The van der Waals surface area contributed by atoms with Gasteiger partial charge in [-0.15, -0.1) is 0 Å². The number of esters is 1. The molecule has 0 spiro atoms. The average Bonchev–Trinajstić information content (AvgIpc) is 3.07. The first-order chi connectivity index (χ1) is 12.1. The highest BCUT2D eigenvalue weighted by molar-refractivity contribution is 5.75. The van der Waals surface area contributed by atoms with Crippen molar-refractivity contribution in [2.24, 2.45) is 5.73 Å². The molecule has 0 aliphatic carbocycles. The lowest BCUT2D eigenvalue weighted by Crippen LogP contribution is -2.20. The molecular formula is C19H20N4O2. The zero-order valence-electron chi connectivity index (χ0n) is 14.2. The van der Waals surface area contributed by atoms with Gasteiger partial charge in [0.2, 0.25) is 0 Å². The number of aromatic nitrogens is 2. The Bertz CT molecular complexity index is 864. The topological polar surface area (TPSA) is 82.2 Å². The number of anilines is 2. The maximum Gasteiger partial charge on any atom is 0.325 e. The van der Waals surface area contributed by atoms with Gasteiger partial charge in [-0.05, 0) is 49.2 Å². The average molecular weight is 336 g/mol. The molecule has 0 saturated heterocycles. The molecule has 0 amide bonds. The Morgan fingerprint density at radius 1 is 1.16 bits per heavy atom. The first-order valence-electron chi connectivity index (χ1n) is 7.97. The molecule has 25 heavy (non-hydrogen) atoms. The summed E-state index contributed by atoms with van der Waals surface area (Å²) >= 11 is 0. The molecule has 3 N–H and O–H groups in total. The Labute approximate surface area is 146 Å². The molecule has 1 heterocycles. The van der Waals surface area contributed by atoms with Gasteiger partial charge in [-0.3, -0.25) is 4.79 Å². The smallest absolute Gasteiger partial charge is 0.325 e. The Morgan fingerprint density at radius 2 is 1.84 bits per heavy atom. The summed E-state index contributed by atoms with van der Waals surface area (Å²) in [5.74, 6) is 0.832. The minimum absolute atomic E-state index is 0.143. The third kappa shape index (κ3) is 3.87. The fourth-order valence-electron chi connectivity index (χ4n) is 2.60. The number of ether oxygens (including phenoxy) is 1. The van der Waals surface area contributed by atoms with Crippen molar-refractivity contribution in [3.05, 3.63) is 65.9 Å². The van der Waals surface area contributed by atoms with E-state index in [0.717, 1.165) is 28.3 Å². The molecule has 0 aliphatic rings. The first kappa shape index (κ1) is 16.7. The monoisotopic (exact) mass is 336 g/mol. The Morgan fingerprint density at radius 3 is 2.48 bits per heavy atom. The Kier molecular flexibility index (Phi) is 4.81. The molecule has 0 unspecified atom stereocenters. The van der Waals surface area contributed by atoms with Crippen molar-refractivity contribution in [1.29, 1.82) is 0 Å². The summed E-state index contributed by atoms with van der Waals surface area (Å²) in [5.41, 5.74) is 8.88. The number of carbonyl (C=O) groups is 1. The third-order valence-electron chi connectivity index (χ3n) is 3.73. The number of hydrogen-bond donors (Lipinski definition) is 2. The van der Waals surface area contributed by atoms with E-state index in [2.05, 4.69) is 10.4 Å². The largest absolute Gasteiger partial charge is 0.425 e. The van der Waals surface area contributed by atoms with E-state index in [-0.39, 0.29) is 6.54 Å². The lowest BCUT2D eigenvalue weighted by Gasteiger charge is -2.12. The van der Waals surface area contributed by atoms with E-state index >= 15 is 0 Å². The lowest BCUT2D eigenvalue weighted by atomic mass is 10.1. The predicted molar refractivity (Wildman–Crippen MR) is 97.5 cm³/mol. The van der Waals surface area contributed by atoms with E-state index in [0.29, 0.717) is 5.75 Å².